The van der Waals surface area contributed by atoms with Crippen LogP contribution in [-0.2, 0) is 7.05 Å². The van der Waals surface area contributed by atoms with E-state index in [1.54, 1.807) is 4.68 Å². The van der Waals surface area contributed by atoms with Crippen molar-refractivity contribution >= 4 is 29.3 Å². The SMILES string of the molecule is Cc1nn(C)c(Cl)c1C=CCCl. The maximum Gasteiger partial charge on any atom is 0.134 e. The van der Waals surface area contributed by atoms with Gasteiger partial charge in [0.2, 0.25) is 0 Å². The van der Waals surface area contributed by atoms with Gasteiger partial charge in [-0.15, -0.1) is 11.6 Å². The molecule has 1 aromatic heterocycles. The Morgan fingerprint density at radius 1 is 1.58 bits per heavy atom. The number of hydrogen-bond donors (Lipinski definition) is 0. The molecule has 0 aromatic carbocycles. The van der Waals surface area contributed by atoms with E-state index in [-0.39, 0.29) is 0 Å². The molecule has 0 atom stereocenters. The number of nitrogens with zero attached hydrogens (tertiary/aromatic N) is 2. The molecule has 0 spiro atoms. The molecule has 2 nitrogen and oxygen atoms in total. The molecule has 0 aliphatic carbocycles. The van der Waals surface area contributed by atoms with Crippen LogP contribution >= 0.6 is 23.2 Å². The van der Waals surface area contributed by atoms with Crippen LogP contribution in [0, 0.1) is 6.92 Å². The van der Waals surface area contributed by atoms with Crippen LogP contribution in [0.25, 0.3) is 6.08 Å². The van der Waals surface area contributed by atoms with E-state index in [0.29, 0.717) is 11.0 Å². The van der Waals surface area contributed by atoms with Crippen molar-refractivity contribution in [2.45, 2.75) is 6.92 Å². The fraction of sp³-hybridized carbons (Fsp3) is 0.375. The van der Waals surface area contributed by atoms with E-state index >= 15 is 0 Å². The lowest BCUT2D eigenvalue weighted by atomic mass is 10.2. The van der Waals surface area contributed by atoms with Crippen molar-refractivity contribution in [2.24, 2.45) is 7.05 Å². The van der Waals surface area contributed by atoms with Gasteiger partial charge in [-0.25, -0.2) is 0 Å². The zero-order valence-corrected chi connectivity index (χ0v) is 8.52. The van der Waals surface area contributed by atoms with Gasteiger partial charge in [-0.2, -0.15) is 5.10 Å². The second kappa shape index (κ2) is 3.97. The summed E-state index contributed by atoms with van der Waals surface area (Å²) in [6.45, 7) is 1.92. The largest absolute Gasteiger partial charge is 0.256 e. The lowest BCUT2D eigenvalue weighted by molar-refractivity contribution is 0.757. The Kier molecular flexibility index (Phi) is 3.18. The van der Waals surface area contributed by atoms with E-state index in [0.717, 1.165) is 11.3 Å². The van der Waals surface area contributed by atoms with Gasteiger partial charge in [-0.05, 0) is 6.92 Å². The predicted molar refractivity (Wildman–Crippen MR) is 52.7 cm³/mol. The highest BCUT2D eigenvalue weighted by molar-refractivity contribution is 6.31. The summed E-state index contributed by atoms with van der Waals surface area (Å²) in [5.41, 5.74) is 1.86. The molecule has 0 aliphatic rings. The fourth-order valence-corrected chi connectivity index (χ4v) is 1.32. The number of aryl methyl sites for hydroxylation is 2. The highest BCUT2D eigenvalue weighted by Crippen LogP contribution is 2.19. The number of halogens is 2. The fourth-order valence-electron chi connectivity index (χ4n) is 0.998. The summed E-state index contributed by atoms with van der Waals surface area (Å²) in [7, 11) is 1.81. The second-order valence-corrected chi connectivity index (χ2v) is 3.14. The lowest BCUT2D eigenvalue weighted by Gasteiger charge is -1.90. The predicted octanol–water partition coefficient (Wildman–Crippen LogP) is 2.63. The van der Waals surface area contributed by atoms with Crippen molar-refractivity contribution in [3.05, 3.63) is 22.5 Å². The van der Waals surface area contributed by atoms with Gasteiger partial charge in [0.1, 0.15) is 5.15 Å². The van der Waals surface area contributed by atoms with E-state index in [2.05, 4.69) is 5.10 Å². The molecule has 4 heteroatoms. The molecule has 12 heavy (non-hydrogen) atoms. The molecule has 0 radical (unpaired) electrons. The van der Waals surface area contributed by atoms with Crippen molar-refractivity contribution < 1.29 is 0 Å². The first-order chi connectivity index (χ1) is 5.66. The van der Waals surface area contributed by atoms with Gasteiger partial charge in [0.05, 0.1) is 5.69 Å². The average Bonchev–Trinajstić information content (AvgIpc) is 2.25. The molecular weight excluding hydrogens is 195 g/mol. The summed E-state index contributed by atoms with van der Waals surface area (Å²) in [5, 5.41) is 4.80. The minimum Gasteiger partial charge on any atom is -0.256 e. The minimum absolute atomic E-state index is 0.491. The molecular formula is C8H10Cl2N2. The van der Waals surface area contributed by atoms with E-state index < -0.39 is 0 Å². The van der Waals surface area contributed by atoms with Gasteiger partial charge in [0.25, 0.3) is 0 Å². The molecule has 0 saturated heterocycles. The number of aromatic nitrogens is 2. The van der Waals surface area contributed by atoms with Crippen LogP contribution in [0.4, 0.5) is 0 Å². The maximum atomic E-state index is 5.96. The third-order valence-electron chi connectivity index (χ3n) is 1.57. The molecule has 0 unspecified atom stereocenters. The van der Waals surface area contributed by atoms with Crippen molar-refractivity contribution in [2.75, 3.05) is 5.88 Å². The van der Waals surface area contributed by atoms with Crippen LogP contribution in [0.1, 0.15) is 11.3 Å². The van der Waals surface area contributed by atoms with Gasteiger partial charge in [-0.3, -0.25) is 4.68 Å². The number of hydrogen-bond acceptors (Lipinski definition) is 1. The minimum atomic E-state index is 0.491. The second-order valence-electron chi connectivity index (χ2n) is 2.47. The number of alkyl halides is 1. The van der Waals surface area contributed by atoms with Crippen LogP contribution in [0.15, 0.2) is 6.08 Å². The highest BCUT2D eigenvalue weighted by atomic mass is 35.5. The molecule has 0 N–H and O–H groups in total. The molecule has 0 saturated carbocycles. The molecule has 1 rings (SSSR count). The third kappa shape index (κ3) is 1.82. The molecule has 0 bridgehead atoms. The summed E-state index contributed by atoms with van der Waals surface area (Å²) in [4.78, 5) is 0. The first kappa shape index (κ1) is 9.62. The van der Waals surface area contributed by atoms with Gasteiger partial charge >= 0.3 is 0 Å². The Bertz CT molecular complexity index is 302. The van der Waals surface area contributed by atoms with Crippen molar-refractivity contribution in [1.82, 2.24) is 9.78 Å². The molecule has 0 amide bonds. The van der Waals surface area contributed by atoms with Gasteiger partial charge in [0, 0.05) is 18.5 Å². The first-order valence-electron chi connectivity index (χ1n) is 3.58. The molecule has 0 aliphatic heterocycles. The quantitative estimate of drug-likeness (QED) is 0.678. The van der Waals surface area contributed by atoms with Gasteiger partial charge in [0.15, 0.2) is 0 Å². The summed E-state index contributed by atoms with van der Waals surface area (Å²) in [5.74, 6) is 0.491. The Hall–Kier alpha value is -0.470. The third-order valence-corrected chi connectivity index (χ3v) is 2.20. The Balaban J connectivity index is 3.05. The van der Waals surface area contributed by atoms with Crippen molar-refractivity contribution in [3.63, 3.8) is 0 Å². The standard InChI is InChI=1S/C8H10Cl2N2/c1-6-7(4-3-5-9)8(10)12(2)11-6/h3-4H,5H2,1-2H3. The zero-order chi connectivity index (χ0) is 9.14. The van der Waals surface area contributed by atoms with Crippen molar-refractivity contribution in [1.29, 1.82) is 0 Å². The molecule has 1 heterocycles. The topological polar surface area (TPSA) is 17.8 Å². The van der Waals surface area contributed by atoms with Crippen LogP contribution in [-0.4, -0.2) is 15.7 Å². The Morgan fingerprint density at radius 3 is 2.67 bits per heavy atom. The normalized spacial score (nSPS) is 11.3. The monoisotopic (exact) mass is 204 g/mol. The van der Waals surface area contributed by atoms with E-state index in [1.807, 2.05) is 26.1 Å². The summed E-state index contributed by atoms with van der Waals surface area (Å²) >= 11 is 11.5. The number of allylic oxidation sites excluding steroid dienone is 1. The first-order valence-corrected chi connectivity index (χ1v) is 4.49. The van der Waals surface area contributed by atoms with Crippen LogP contribution < -0.4 is 0 Å². The van der Waals surface area contributed by atoms with E-state index in [1.165, 1.54) is 0 Å². The smallest absolute Gasteiger partial charge is 0.134 e. The maximum absolute atomic E-state index is 5.96. The van der Waals surface area contributed by atoms with Gasteiger partial charge in [-0.1, -0.05) is 23.8 Å². The zero-order valence-electron chi connectivity index (χ0n) is 7.01. The van der Waals surface area contributed by atoms with Crippen LogP contribution in [0.3, 0.4) is 0 Å². The van der Waals surface area contributed by atoms with Crippen LogP contribution in [0.5, 0.6) is 0 Å². The highest BCUT2D eigenvalue weighted by Gasteiger charge is 2.06. The van der Waals surface area contributed by atoms with E-state index in [9.17, 15) is 0 Å². The Morgan fingerprint density at radius 2 is 2.25 bits per heavy atom. The Labute approximate surface area is 81.8 Å². The summed E-state index contributed by atoms with van der Waals surface area (Å²) in [6.07, 6.45) is 3.73. The van der Waals surface area contributed by atoms with Crippen molar-refractivity contribution in [3.8, 4) is 0 Å². The molecule has 66 valence electrons. The van der Waals surface area contributed by atoms with E-state index in [4.69, 9.17) is 23.2 Å². The van der Waals surface area contributed by atoms with Crippen LogP contribution in [0.2, 0.25) is 5.15 Å². The summed E-state index contributed by atoms with van der Waals surface area (Å²) in [6, 6.07) is 0. The summed E-state index contributed by atoms with van der Waals surface area (Å²) < 4.78 is 1.64. The van der Waals surface area contributed by atoms with Gasteiger partial charge < -0.3 is 0 Å². The average molecular weight is 205 g/mol. The molecule has 0 fully saturated rings. The number of rotatable bonds is 2. The molecule has 1 aromatic rings. The lowest BCUT2D eigenvalue weighted by Crippen LogP contribution is -1.88.